The fourth-order valence-corrected chi connectivity index (χ4v) is 2.45. The van der Waals surface area contributed by atoms with Gasteiger partial charge in [0, 0.05) is 6.54 Å². The first-order chi connectivity index (χ1) is 9.72. The van der Waals surface area contributed by atoms with Crippen LogP contribution in [-0.2, 0) is 6.54 Å². The number of fused-ring (bicyclic) bond motifs is 1. The Labute approximate surface area is 119 Å². The molecule has 0 atom stereocenters. The van der Waals surface area contributed by atoms with E-state index in [1.807, 2.05) is 36.4 Å². The molecule has 0 unspecified atom stereocenters. The van der Waals surface area contributed by atoms with Gasteiger partial charge in [0.25, 0.3) is 5.56 Å². The van der Waals surface area contributed by atoms with Crippen LogP contribution in [0.5, 0.6) is 0 Å². The number of halogens is 1. The second-order valence-electron chi connectivity index (χ2n) is 4.28. The molecule has 2 aromatic heterocycles. The molecule has 0 spiro atoms. The molecule has 0 bridgehead atoms. The van der Waals surface area contributed by atoms with Gasteiger partial charge < -0.3 is 9.55 Å². The highest BCUT2D eigenvalue weighted by Crippen LogP contribution is 2.26. The van der Waals surface area contributed by atoms with Gasteiger partial charge in [-0.15, -0.1) is 0 Å². The van der Waals surface area contributed by atoms with Crippen molar-refractivity contribution in [2.45, 2.75) is 6.54 Å². The number of rotatable bonds is 2. The van der Waals surface area contributed by atoms with E-state index in [0.717, 1.165) is 5.56 Å². The predicted molar refractivity (Wildman–Crippen MR) is 75.6 cm³/mol. The molecule has 2 heterocycles. The van der Waals surface area contributed by atoms with Gasteiger partial charge in [-0.25, -0.2) is 4.98 Å². The molecule has 5 nitrogen and oxygen atoms in total. The van der Waals surface area contributed by atoms with Crippen molar-refractivity contribution in [1.29, 1.82) is 5.26 Å². The zero-order valence-electron chi connectivity index (χ0n) is 10.3. The van der Waals surface area contributed by atoms with Crippen LogP contribution >= 0.6 is 11.6 Å². The molecule has 3 rings (SSSR count). The standard InChI is InChI=1S/C14H9ClN4O/c15-13-10(6-16)11-12(14(20)18-8-17-11)19(13)7-9-4-2-1-3-5-9/h1-5,8H,7H2,(H,17,18,20). The van der Waals surface area contributed by atoms with Gasteiger partial charge in [0.05, 0.1) is 6.33 Å². The lowest BCUT2D eigenvalue weighted by molar-refractivity contribution is 0.830. The van der Waals surface area contributed by atoms with Crippen LogP contribution in [0.4, 0.5) is 0 Å². The Morgan fingerprint density at radius 3 is 2.80 bits per heavy atom. The van der Waals surface area contributed by atoms with E-state index < -0.39 is 0 Å². The zero-order chi connectivity index (χ0) is 14.1. The molecule has 0 fully saturated rings. The Morgan fingerprint density at radius 1 is 1.35 bits per heavy atom. The van der Waals surface area contributed by atoms with Gasteiger partial charge in [-0.05, 0) is 5.56 Å². The molecule has 6 heteroatoms. The van der Waals surface area contributed by atoms with E-state index in [2.05, 4.69) is 9.97 Å². The van der Waals surface area contributed by atoms with E-state index in [0.29, 0.717) is 17.6 Å². The van der Waals surface area contributed by atoms with Crippen LogP contribution in [0.1, 0.15) is 11.1 Å². The number of aromatic amines is 1. The number of H-pyrrole nitrogens is 1. The molecule has 0 aliphatic rings. The third-order valence-corrected chi connectivity index (χ3v) is 3.47. The van der Waals surface area contributed by atoms with Crippen LogP contribution in [0.15, 0.2) is 41.5 Å². The summed E-state index contributed by atoms with van der Waals surface area (Å²) >= 11 is 6.22. The Kier molecular flexibility index (Phi) is 3.01. The number of aromatic nitrogens is 3. The minimum Gasteiger partial charge on any atom is -0.320 e. The van der Waals surface area contributed by atoms with Crippen molar-refractivity contribution in [3.8, 4) is 6.07 Å². The Balaban J connectivity index is 2.28. The third-order valence-electron chi connectivity index (χ3n) is 3.07. The quantitative estimate of drug-likeness (QED) is 0.784. The van der Waals surface area contributed by atoms with Crippen LogP contribution < -0.4 is 5.56 Å². The van der Waals surface area contributed by atoms with Crippen LogP contribution in [0, 0.1) is 11.3 Å². The second-order valence-corrected chi connectivity index (χ2v) is 4.64. The number of nitrogens with one attached hydrogen (secondary N) is 1. The predicted octanol–water partition coefficient (Wildman–Crippen LogP) is 2.30. The smallest absolute Gasteiger partial charge is 0.275 e. The molecule has 0 saturated carbocycles. The second kappa shape index (κ2) is 4.83. The van der Waals surface area contributed by atoms with Gasteiger partial charge in [0.1, 0.15) is 27.8 Å². The molecule has 0 amide bonds. The third kappa shape index (κ3) is 1.87. The van der Waals surface area contributed by atoms with Gasteiger partial charge >= 0.3 is 0 Å². The Hall–Kier alpha value is -2.58. The largest absolute Gasteiger partial charge is 0.320 e. The molecule has 0 saturated heterocycles. The van der Waals surface area contributed by atoms with E-state index >= 15 is 0 Å². The lowest BCUT2D eigenvalue weighted by atomic mass is 10.2. The Morgan fingerprint density at radius 2 is 2.10 bits per heavy atom. The van der Waals surface area contributed by atoms with Crippen molar-refractivity contribution in [1.82, 2.24) is 14.5 Å². The minimum absolute atomic E-state index is 0.226. The highest BCUT2D eigenvalue weighted by Gasteiger charge is 2.19. The topological polar surface area (TPSA) is 74.5 Å². The molecule has 0 aliphatic carbocycles. The highest BCUT2D eigenvalue weighted by atomic mass is 35.5. The van der Waals surface area contributed by atoms with Crippen molar-refractivity contribution >= 4 is 22.6 Å². The Bertz CT molecular complexity index is 874. The molecule has 98 valence electrons. The summed E-state index contributed by atoms with van der Waals surface area (Å²) in [5, 5.41) is 9.42. The number of benzene rings is 1. The molecule has 1 aromatic carbocycles. The highest BCUT2D eigenvalue weighted by molar-refractivity contribution is 6.32. The number of hydrogen-bond acceptors (Lipinski definition) is 3. The monoisotopic (exact) mass is 284 g/mol. The molecule has 20 heavy (non-hydrogen) atoms. The SMILES string of the molecule is N#Cc1c(Cl)n(Cc2ccccc2)c2c(=O)[nH]cnc12. The van der Waals surface area contributed by atoms with Crippen molar-refractivity contribution in [2.24, 2.45) is 0 Å². The summed E-state index contributed by atoms with van der Waals surface area (Å²) < 4.78 is 1.61. The van der Waals surface area contributed by atoms with E-state index in [1.54, 1.807) is 4.57 Å². The number of nitriles is 1. The van der Waals surface area contributed by atoms with Crippen LogP contribution in [0.25, 0.3) is 11.0 Å². The molecule has 1 N–H and O–H groups in total. The summed E-state index contributed by atoms with van der Waals surface area (Å²) in [5.74, 6) is 0. The summed E-state index contributed by atoms with van der Waals surface area (Å²) in [6, 6.07) is 11.6. The molecule has 0 aliphatic heterocycles. The maximum atomic E-state index is 12.0. The molecular formula is C14H9ClN4O. The summed E-state index contributed by atoms with van der Waals surface area (Å²) in [5.41, 5.74) is 1.55. The number of hydrogen-bond donors (Lipinski definition) is 1. The van der Waals surface area contributed by atoms with Gasteiger partial charge in [-0.2, -0.15) is 5.26 Å². The maximum Gasteiger partial charge on any atom is 0.275 e. The van der Waals surface area contributed by atoms with Crippen LogP contribution in [-0.4, -0.2) is 14.5 Å². The van der Waals surface area contributed by atoms with Gasteiger partial charge in [-0.3, -0.25) is 4.79 Å². The summed E-state index contributed by atoms with van der Waals surface area (Å²) in [7, 11) is 0. The normalized spacial score (nSPS) is 10.6. The lowest BCUT2D eigenvalue weighted by Gasteiger charge is -2.06. The van der Waals surface area contributed by atoms with Crippen molar-refractivity contribution in [3.05, 3.63) is 63.3 Å². The van der Waals surface area contributed by atoms with E-state index in [1.165, 1.54) is 6.33 Å². The van der Waals surface area contributed by atoms with Crippen molar-refractivity contribution < 1.29 is 0 Å². The summed E-state index contributed by atoms with van der Waals surface area (Å²) in [4.78, 5) is 18.5. The summed E-state index contributed by atoms with van der Waals surface area (Å²) in [6.07, 6.45) is 1.27. The van der Waals surface area contributed by atoms with Crippen LogP contribution in [0.3, 0.4) is 0 Å². The van der Waals surface area contributed by atoms with E-state index in [4.69, 9.17) is 11.6 Å². The van der Waals surface area contributed by atoms with E-state index in [-0.39, 0.29) is 16.3 Å². The minimum atomic E-state index is -0.311. The first-order valence-electron chi connectivity index (χ1n) is 5.91. The van der Waals surface area contributed by atoms with Gasteiger partial charge in [-0.1, -0.05) is 41.9 Å². The molecule has 3 aromatic rings. The van der Waals surface area contributed by atoms with E-state index in [9.17, 15) is 10.1 Å². The first-order valence-corrected chi connectivity index (χ1v) is 6.29. The summed E-state index contributed by atoms with van der Waals surface area (Å²) in [6.45, 7) is 0.409. The number of nitrogens with zero attached hydrogens (tertiary/aromatic N) is 3. The average Bonchev–Trinajstić information content (AvgIpc) is 2.73. The molecule has 0 radical (unpaired) electrons. The van der Waals surface area contributed by atoms with Crippen LogP contribution in [0.2, 0.25) is 5.15 Å². The lowest BCUT2D eigenvalue weighted by Crippen LogP contribution is -2.12. The zero-order valence-corrected chi connectivity index (χ0v) is 11.1. The van der Waals surface area contributed by atoms with Gasteiger partial charge in [0.15, 0.2) is 0 Å². The van der Waals surface area contributed by atoms with Gasteiger partial charge in [0.2, 0.25) is 0 Å². The van der Waals surface area contributed by atoms with Crippen molar-refractivity contribution in [2.75, 3.05) is 0 Å². The first kappa shape index (κ1) is 12.5. The fraction of sp³-hybridized carbons (Fsp3) is 0.0714. The average molecular weight is 285 g/mol. The van der Waals surface area contributed by atoms with Crippen molar-refractivity contribution in [3.63, 3.8) is 0 Å². The fourth-order valence-electron chi connectivity index (χ4n) is 2.17. The maximum absolute atomic E-state index is 12.0. The molecular weight excluding hydrogens is 276 g/mol.